The van der Waals surface area contributed by atoms with Crippen LogP contribution >= 0.6 is 0 Å². The lowest BCUT2D eigenvalue weighted by atomic mass is 9.77. The van der Waals surface area contributed by atoms with E-state index in [4.69, 9.17) is 5.11 Å². The van der Waals surface area contributed by atoms with Crippen LogP contribution in [0.15, 0.2) is 12.2 Å². The number of alkyl halides is 3. The van der Waals surface area contributed by atoms with Crippen LogP contribution in [-0.2, 0) is 4.79 Å². The molecule has 1 rings (SSSR count). The van der Waals surface area contributed by atoms with Gasteiger partial charge in [-0.3, -0.25) is 0 Å². The third-order valence-corrected chi connectivity index (χ3v) is 1.90. The van der Waals surface area contributed by atoms with Gasteiger partial charge in [0.05, 0.1) is 0 Å². The fraction of sp³-hybridized carbons (Fsp3) is 0.571. The lowest BCUT2D eigenvalue weighted by Crippen LogP contribution is -2.52. The monoisotopic (exact) mass is 180 g/mol. The molecule has 0 bridgehead atoms. The molecule has 0 aromatic heterocycles. The standard InChI is InChI=1S/C7H7F3O2/c8-6(2-1-5(11)12)3-4-7(6,9)10/h1-2H,3-4H2,(H,11,12)/b2-1+. The molecular weight excluding hydrogens is 173 g/mol. The summed E-state index contributed by atoms with van der Waals surface area (Å²) in [4.78, 5) is 9.90. The van der Waals surface area contributed by atoms with Crippen LogP contribution in [0.1, 0.15) is 12.8 Å². The van der Waals surface area contributed by atoms with Gasteiger partial charge in [0.1, 0.15) is 0 Å². The van der Waals surface area contributed by atoms with Crippen LogP contribution in [0.25, 0.3) is 0 Å². The summed E-state index contributed by atoms with van der Waals surface area (Å²) in [6.45, 7) is 0. The number of allylic oxidation sites excluding steroid dienone is 1. The molecule has 0 aromatic carbocycles. The van der Waals surface area contributed by atoms with Gasteiger partial charge in [0.25, 0.3) is 5.92 Å². The van der Waals surface area contributed by atoms with E-state index in [9.17, 15) is 18.0 Å². The van der Waals surface area contributed by atoms with Gasteiger partial charge in [0.15, 0.2) is 5.67 Å². The number of aliphatic carboxylic acids is 1. The minimum atomic E-state index is -3.40. The van der Waals surface area contributed by atoms with Crippen LogP contribution in [-0.4, -0.2) is 22.7 Å². The predicted molar refractivity (Wildman–Crippen MR) is 34.8 cm³/mol. The summed E-state index contributed by atoms with van der Waals surface area (Å²) in [5.74, 6) is -4.83. The molecule has 0 saturated heterocycles. The van der Waals surface area contributed by atoms with Crippen LogP contribution in [0.2, 0.25) is 0 Å². The SMILES string of the molecule is O=C(O)/C=C/C1(F)CCC1(F)F. The van der Waals surface area contributed by atoms with Crippen molar-refractivity contribution < 1.29 is 23.1 Å². The van der Waals surface area contributed by atoms with E-state index in [1.54, 1.807) is 0 Å². The maximum atomic E-state index is 12.9. The molecule has 0 aromatic rings. The average Bonchev–Trinajstić information content (AvgIpc) is 1.98. The zero-order valence-corrected chi connectivity index (χ0v) is 6.06. The van der Waals surface area contributed by atoms with Crippen molar-refractivity contribution in [3.8, 4) is 0 Å². The Kier molecular flexibility index (Phi) is 1.89. The van der Waals surface area contributed by atoms with Crippen molar-refractivity contribution in [3.63, 3.8) is 0 Å². The summed E-state index contributed by atoms with van der Waals surface area (Å²) in [5.41, 5.74) is -2.74. The maximum Gasteiger partial charge on any atom is 0.328 e. The molecular formula is C7H7F3O2. The van der Waals surface area contributed by atoms with Crippen LogP contribution < -0.4 is 0 Å². The highest BCUT2D eigenvalue weighted by molar-refractivity contribution is 5.80. The summed E-state index contributed by atoms with van der Waals surface area (Å²) in [6.07, 6.45) is -0.0108. The van der Waals surface area contributed by atoms with Gasteiger partial charge < -0.3 is 5.11 Å². The predicted octanol–water partition coefficient (Wildman–Crippen LogP) is 1.76. The van der Waals surface area contributed by atoms with Gasteiger partial charge in [0.2, 0.25) is 0 Å². The van der Waals surface area contributed by atoms with Gasteiger partial charge in [-0.25, -0.2) is 18.0 Å². The van der Waals surface area contributed by atoms with Crippen molar-refractivity contribution in [2.24, 2.45) is 0 Å². The van der Waals surface area contributed by atoms with E-state index in [0.717, 1.165) is 0 Å². The van der Waals surface area contributed by atoms with Crippen LogP contribution in [0.4, 0.5) is 13.2 Å². The highest BCUT2D eigenvalue weighted by Gasteiger charge is 2.61. The molecule has 1 aliphatic rings. The van der Waals surface area contributed by atoms with E-state index in [1.807, 2.05) is 0 Å². The Morgan fingerprint density at radius 2 is 1.92 bits per heavy atom. The van der Waals surface area contributed by atoms with Gasteiger partial charge in [-0.15, -0.1) is 0 Å². The molecule has 0 aliphatic heterocycles. The minimum absolute atomic E-state index is 0.316. The van der Waals surface area contributed by atoms with Crippen LogP contribution in [0, 0.1) is 0 Å². The molecule has 1 fully saturated rings. The Morgan fingerprint density at radius 3 is 2.17 bits per heavy atom. The second kappa shape index (κ2) is 2.50. The van der Waals surface area contributed by atoms with Crippen molar-refractivity contribution in [2.75, 3.05) is 0 Å². The van der Waals surface area contributed by atoms with Gasteiger partial charge >= 0.3 is 5.97 Å². The summed E-state index contributed by atoms with van der Waals surface area (Å²) >= 11 is 0. The average molecular weight is 180 g/mol. The second-order valence-electron chi connectivity index (χ2n) is 2.74. The van der Waals surface area contributed by atoms with E-state index in [1.165, 1.54) is 0 Å². The Hall–Kier alpha value is -1.00. The summed E-state index contributed by atoms with van der Waals surface area (Å²) in [6, 6.07) is 0. The summed E-state index contributed by atoms with van der Waals surface area (Å²) in [5, 5.41) is 8.07. The molecule has 1 aliphatic carbocycles. The topological polar surface area (TPSA) is 37.3 Å². The molecule has 0 radical (unpaired) electrons. The Morgan fingerprint density at radius 1 is 1.33 bits per heavy atom. The molecule has 12 heavy (non-hydrogen) atoms. The maximum absolute atomic E-state index is 12.9. The third kappa shape index (κ3) is 1.31. The Bertz CT molecular complexity index is 237. The van der Waals surface area contributed by atoms with E-state index in [0.29, 0.717) is 12.2 Å². The first-order chi connectivity index (χ1) is 5.37. The second-order valence-corrected chi connectivity index (χ2v) is 2.74. The summed E-state index contributed by atoms with van der Waals surface area (Å²) < 4.78 is 37.8. The van der Waals surface area contributed by atoms with Crippen molar-refractivity contribution in [3.05, 3.63) is 12.2 Å². The molecule has 1 atom stereocenters. The molecule has 1 saturated carbocycles. The van der Waals surface area contributed by atoms with Gasteiger partial charge in [0, 0.05) is 12.5 Å². The highest BCUT2D eigenvalue weighted by Crippen LogP contribution is 2.50. The molecule has 0 spiro atoms. The first-order valence-electron chi connectivity index (χ1n) is 3.36. The number of carboxylic acid groups (broad SMARTS) is 1. The Labute approximate surface area is 66.7 Å². The summed E-state index contributed by atoms with van der Waals surface area (Å²) in [7, 11) is 0. The van der Waals surface area contributed by atoms with Gasteiger partial charge in [-0.1, -0.05) is 0 Å². The Balaban J connectivity index is 2.69. The number of hydrogen-bond acceptors (Lipinski definition) is 1. The van der Waals surface area contributed by atoms with E-state index < -0.39 is 24.0 Å². The number of carbonyl (C=O) groups is 1. The van der Waals surface area contributed by atoms with Crippen molar-refractivity contribution in [1.29, 1.82) is 0 Å². The molecule has 5 heteroatoms. The highest BCUT2D eigenvalue weighted by atomic mass is 19.3. The van der Waals surface area contributed by atoms with E-state index in [2.05, 4.69) is 0 Å². The fourth-order valence-corrected chi connectivity index (χ4v) is 0.961. The third-order valence-electron chi connectivity index (χ3n) is 1.90. The quantitative estimate of drug-likeness (QED) is 0.657. The number of rotatable bonds is 2. The molecule has 0 amide bonds. The molecule has 2 nitrogen and oxygen atoms in total. The largest absolute Gasteiger partial charge is 0.478 e. The lowest BCUT2D eigenvalue weighted by molar-refractivity contribution is -0.185. The zero-order chi connectivity index (χ0) is 9.41. The molecule has 68 valence electrons. The van der Waals surface area contributed by atoms with E-state index >= 15 is 0 Å². The zero-order valence-electron chi connectivity index (χ0n) is 6.06. The van der Waals surface area contributed by atoms with Crippen molar-refractivity contribution in [2.45, 2.75) is 24.4 Å². The molecule has 0 heterocycles. The van der Waals surface area contributed by atoms with Gasteiger partial charge in [-0.2, -0.15) is 0 Å². The smallest absolute Gasteiger partial charge is 0.328 e. The van der Waals surface area contributed by atoms with Crippen molar-refractivity contribution in [1.82, 2.24) is 0 Å². The number of halogens is 3. The number of carboxylic acids is 1. The normalized spacial score (nSPS) is 33.2. The molecule has 1 unspecified atom stereocenters. The van der Waals surface area contributed by atoms with Crippen LogP contribution in [0.3, 0.4) is 0 Å². The minimum Gasteiger partial charge on any atom is -0.478 e. The van der Waals surface area contributed by atoms with E-state index in [-0.39, 0.29) is 6.42 Å². The number of hydrogen-bond donors (Lipinski definition) is 1. The lowest BCUT2D eigenvalue weighted by Gasteiger charge is -2.40. The van der Waals surface area contributed by atoms with Gasteiger partial charge in [-0.05, 0) is 12.5 Å². The fourth-order valence-electron chi connectivity index (χ4n) is 0.961. The first-order valence-corrected chi connectivity index (χ1v) is 3.36. The van der Waals surface area contributed by atoms with Crippen LogP contribution in [0.5, 0.6) is 0 Å². The first kappa shape index (κ1) is 9.09. The molecule has 1 N–H and O–H groups in total. The van der Waals surface area contributed by atoms with Crippen molar-refractivity contribution >= 4 is 5.97 Å².